The summed E-state index contributed by atoms with van der Waals surface area (Å²) in [5.41, 5.74) is -5.44. The van der Waals surface area contributed by atoms with Crippen LogP contribution in [0.15, 0.2) is 0 Å². The van der Waals surface area contributed by atoms with E-state index in [1.165, 1.54) is 0 Å². The lowest BCUT2D eigenvalue weighted by atomic mass is 9.55. The Kier molecular flexibility index (Phi) is 3.97. The molecule has 0 aromatic rings. The number of ether oxygens (including phenoxy) is 2. The van der Waals surface area contributed by atoms with Crippen LogP contribution in [0.4, 0.5) is 13.2 Å². The Morgan fingerprint density at radius 3 is 1.82 bits per heavy atom. The van der Waals surface area contributed by atoms with Gasteiger partial charge in [0, 0.05) is 21.7 Å². The first-order valence-corrected chi connectivity index (χ1v) is 12.5. The van der Waals surface area contributed by atoms with Crippen molar-refractivity contribution >= 4 is 5.97 Å². The minimum absolute atomic E-state index is 0.107. The molecule has 1 aliphatic heterocycles. The smallest absolute Gasteiger partial charge is 0.405 e. The summed E-state index contributed by atoms with van der Waals surface area (Å²) >= 11 is 0. The van der Waals surface area contributed by atoms with Gasteiger partial charge in [-0.15, -0.1) is 0 Å². The van der Waals surface area contributed by atoms with Crippen molar-refractivity contribution in [3.63, 3.8) is 0 Å². The number of hydrogen-bond acceptors (Lipinski definition) is 3. The third-order valence-corrected chi connectivity index (χ3v) is 12.6. The van der Waals surface area contributed by atoms with Crippen molar-refractivity contribution in [1.82, 2.24) is 0 Å². The Morgan fingerprint density at radius 2 is 1.39 bits per heavy atom. The van der Waals surface area contributed by atoms with E-state index in [2.05, 4.69) is 55.4 Å². The molecule has 5 aliphatic rings. The predicted octanol–water partition coefficient (Wildman–Crippen LogP) is 6.79. The summed E-state index contributed by atoms with van der Waals surface area (Å²) in [6.45, 7) is 22.3. The summed E-state index contributed by atoms with van der Waals surface area (Å²) in [5.74, 6) is -2.28. The topological polar surface area (TPSA) is 35.5 Å². The summed E-state index contributed by atoms with van der Waals surface area (Å²) in [5, 5.41) is 0. The van der Waals surface area contributed by atoms with Crippen LogP contribution in [0.25, 0.3) is 0 Å². The van der Waals surface area contributed by atoms with E-state index in [1.807, 2.05) is 0 Å². The molecule has 6 heteroatoms. The standard InChI is InChI=1S/C27H41F3O3/c1-19(2,3)32-18(31)25(27(28,29)30)13-14-12-15(25)17-16(14)23(10)22(8,9)24(23,11)33-26(17)20(4,5)21(26,6)7/h14-17H,12-13H2,1-11H3. The molecule has 0 aromatic heterocycles. The Hall–Kier alpha value is -0.780. The van der Waals surface area contributed by atoms with Crippen LogP contribution >= 0.6 is 0 Å². The maximum absolute atomic E-state index is 15.0. The number of alkyl halides is 3. The molecule has 33 heavy (non-hydrogen) atoms. The SMILES string of the molecule is CC(C)(C)OC(=O)C1(C(F)(F)F)CC2CC1C1C2C2(C)C(C)(C)C2(C)OC12C(C)(C)C2(C)C. The van der Waals surface area contributed by atoms with E-state index in [4.69, 9.17) is 9.47 Å². The molecule has 4 saturated carbocycles. The second-order valence-corrected chi connectivity index (χ2v) is 14.8. The molecular formula is C27H41F3O3. The van der Waals surface area contributed by atoms with Crippen molar-refractivity contribution in [2.24, 2.45) is 50.7 Å². The van der Waals surface area contributed by atoms with Crippen molar-refractivity contribution in [2.75, 3.05) is 0 Å². The number of carbonyl (C=O) groups is 1. The Bertz CT molecular complexity index is 927. The summed E-state index contributed by atoms with van der Waals surface area (Å²) in [4.78, 5) is 13.4. The van der Waals surface area contributed by atoms with Gasteiger partial charge in [-0.25, -0.2) is 0 Å². The van der Waals surface area contributed by atoms with Crippen molar-refractivity contribution < 1.29 is 27.4 Å². The molecule has 1 saturated heterocycles. The summed E-state index contributed by atoms with van der Waals surface area (Å²) in [6.07, 6.45) is -4.39. The van der Waals surface area contributed by atoms with Gasteiger partial charge in [-0.2, -0.15) is 13.2 Å². The lowest BCUT2D eigenvalue weighted by Crippen LogP contribution is -2.61. The van der Waals surface area contributed by atoms with Crippen LogP contribution in [-0.2, 0) is 14.3 Å². The average Bonchev–Trinajstić information content (AvgIpc) is 3.07. The first-order chi connectivity index (χ1) is 14.5. The van der Waals surface area contributed by atoms with Gasteiger partial charge in [0.2, 0.25) is 0 Å². The number of hydrogen-bond donors (Lipinski definition) is 0. The summed E-state index contributed by atoms with van der Waals surface area (Å²) in [6, 6.07) is 0. The van der Waals surface area contributed by atoms with Crippen molar-refractivity contribution in [3.05, 3.63) is 0 Å². The molecule has 0 radical (unpaired) electrons. The Balaban J connectivity index is 1.70. The van der Waals surface area contributed by atoms with Gasteiger partial charge in [0.15, 0.2) is 5.41 Å². The lowest BCUT2D eigenvalue weighted by Gasteiger charge is -2.54. The van der Waals surface area contributed by atoms with E-state index in [1.54, 1.807) is 20.8 Å². The van der Waals surface area contributed by atoms with Crippen LogP contribution < -0.4 is 0 Å². The zero-order chi connectivity index (χ0) is 25.2. The van der Waals surface area contributed by atoms with Gasteiger partial charge >= 0.3 is 12.1 Å². The normalized spacial score (nSPS) is 49.4. The van der Waals surface area contributed by atoms with Crippen LogP contribution in [0.3, 0.4) is 0 Å². The maximum Gasteiger partial charge on any atom is 0.405 e. The quantitative estimate of drug-likeness (QED) is 0.396. The van der Waals surface area contributed by atoms with Gasteiger partial charge < -0.3 is 9.47 Å². The van der Waals surface area contributed by atoms with Crippen LogP contribution in [0.5, 0.6) is 0 Å². The van der Waals surface area contributed by atoms with Gasteiger partial charge in [-0.1, -0.05) is 48.5 Å². The molecule has 0 aromatic carbocycles. The maximum atomic E-state index is 15.0. The molecule has 1 spiro atoms. The first kappa shape index (κ1) is 23.9. The minimum Gasteiger partial charge on any atom is -0.459 e. The van der Waals surface area contributed by atoms with E-state index in [9.17, 15) is 4.79 Å². The van der Waals surface area contributed by atoms with Gasteiger partial charge in [0.25, 0.3) is 0 Å². The van der Waals surface area contributed by atoms with E-state index in [0.29, 0.717) is 6.42 Å². The zero-order valence-electron chi connectivity index (χ0n) is 22.1. The van der Waals surface area contributed by atoms with Crippen molar-refractivity contribution in [2.45, 2.75) is 112 Å². The monoisotopic (exact) mass is 470 g/mol. The highest BCUT2D eigenvalue weighted by atomic mass is 19.4. The van der Waals surface area contributed by atoms with E-state index < -0.39 is 34.7 Å². The molecule has 5 rings (SSSR count). The first-order valence-electron chi connectivity index (χ1n) is 12.5. The van der Waals surface area contributed by atoms with Gasteiger partial charge in [0.05, 0.1) is 11.2 Å². The molecule has 5 fully saturated rings. The van der Waals surface area contributed by atoms with Crippen LogP contribution in [0.2, 0.25) is 0 Å². The average molecular weight is 471 g/mol. The molecule has 3 nitrogen and oxygen atoms in total. The number of halogens is 3. The van der Waals surface area contributed by atoms with E-state index >= 15 is 13.2 Å². The molecular weight excluding hydrogens is 429 g/mol. The lowest BCUT2D eigenvalue weighted by molar-refractivity contribution is -0.280. The fraction of sp³-hybridized carbons (Fsp3) is 0.963. The van der Waals surface area contributed by atoms with Crippen LogP contribution in [-0.4, -0.2) is 28.9 Å². The number of fused-ring (bicyclic) bond motifs is 8. The highest BCUT2D eigenvalue weighted by Gasteiger charge is 2.98. The fourth-order valence-electron chi connectivity index (χ4n) is 9.94. The molecule has 7 atom stereocenters. The number of carbonyl (C=O) groups excluding carboxylic acids is 1. The van der Waals surface area contributed by atoms with E-state index in [0.717, 1.165) is 0 Å². The molecule has 0 amide bonds. The summed E-state index contributed by atoms with van der Waals surface area (Å²) in [7, 11) is 0. The molecule has 4 aliphatic carbocycles. The van der Waals surface area contributed by atoms with Gasteiger partial charge in [-0.3, -0.25) is 4.79 Å². The predicted molar refractivity (Wildman–Crippen MR) is 119 cm³/mol. The third kappa shape index (κ3) is 2.04. The van der Waals surface area contributed by atoms with Gasteiger partial charge in [0.1, 0.15) is 5.60 Å². The Labute approximate surface area is 196 Å². The molecule has 188 valence electrons. The van der Waals surface area contributed by atoms with E-state index in [-0.39, 0.29) is 51.4 Å². The zero-order valence-corrected chi connectivity index (χ0v) is 22.1. The Morgan fingerprint density at radius 1 is 0.879 bits per heavy atom. The summed E-state index contributed by atoms with van der Waals surface area (Å²) < 4.78 is 57.6. The molecule has 2 bridgehead atoms. The van der Waals surface area contributed by atoms with Gasteiger partial charge in [-0.05, 0) is 64.2 Å². The molecule has 1 heterocycles. The van der Waals surface area contributed by atoms with Crippen molar-refractivity contribution in [1.29, 1.82) is 0 Å². The second-order valence-electron chi connectivity index (χ2n) is 14.8. The van der Waals surface area contributed by atoms with Crippen LogP contribution in [0.1, 0.15) is 89.0 Å². The fourth-order valence-corrected chi connectivity index (χ4v) is 9.94. The van der Waals surface area contributed by atoms with Crippen LogP contribution in [0, 0.1) is 50.7 Å². The highest BCUT2D eigenvalue weighted by molar-refractivity contribution is 5.80. The van der Waals surface area contributed by atoms with Crippen molar-refractivity contribution in [3.8, 4) is 0 Å². The largest absolute Gasteiger partial charge is 0.459 e. The number of esters is 1. The number of rotatable bonds is 1. The molecule has 0 N–H and O–H groups in total. The third-order valence-electron chi connectivity index (χ3n) is 12.6. The molecule has 7 unspecified atom stereocenters. The second kappa shape index (κ2) is 5.47. The minimum atomic E-state index is -4.66. The highest BCUT2D eigenvalue weighted by Crippen LogP contribution is 2.94.